The second-order valence-corrected chi connectivity index (χ2v) is 24.2. The van der Waals surface area contributed by atoms with E-state index >= 15 is 0 Å². The van der Waals surface area contributed by atoms with E-state index in [4.69, 9.17) is 0 Å². The van der Waals surface area contributed by atoms with Gasteiger partial charge in [-0.05, 0) is 60.2 Å². The molecule has 7 N–H and O–H groups in total. The van der Waals surface area contributed by atoms with Gasteiger partial charge in [-0.25, -0.2) is 0 Å². The van der Waals surface area contributed by atoms with E-state index in [1.54, 1.807) is 9.80 Å². The van der Waals surface area contributed by atoms with E-state index in [9.17, 15) is 53.1 Å². The van der Waals surface area contributed by atoms with Crippen LogP contribution >= 0.6 is 0 Å². The zero-order valence-electron chi connectivity index (χ0n) is 47.7. The van der Waals surface area contributed by atoms with E-state index in [2.05, 4.69) is 31.9 Å². The summed E-state index contributed by atoms with van der Waals surface area (Å²) in [7, 11) is 0. The lowest BCUT2D eigenvalue weighted by Gasteiger charge is -2.24. The highest BCUT2D eigenvalue weighted by Crippen LogP contribution is 2.20. The molecule has 0 aliphatic carbocycles. The first kappa shape index (κ1) is 68.7. The van der Waals surface area contributed by atoms with Crippen LogP contribution in [0.1, 0.15) is 186 Å². The first-order valence-corrected chi connectivity index (χ1v) is 26.9. The second kappa shape index (κ2) is 35.8. The van der Waals surface area contributed by atoms with Gasteiger partial charge in [0.05, 0.1) is 6.42 Å². The molecule has 0 fully saturated rings. The van der Waals surface area contributed by atoms with Crippen LogP contribution in [-0.4, -0.2) is 157 Å². The molecule has 0 aromatic rings. The highest BCUT2D eigenvalue weighted by atomic mass is 16.4. The minimum absolute atomic E-state index is 0.0473. The third-order valence-electron chi connectivity index (χ3n) is 11.1. The summed E-state index contributed by atoms with van der Waals surface area (Å²) in [6.07, 6.45) is 3.47. The van der Waals surface area contributed by atoms with Crippen molar-refractivity contribution in [2.24, 2.45) is 21.7 Å². The lowest BCUT2D eigenvalue weighted by Crippen LogP contribution is -2.38. The van der Waals surface area contributed by atoms with Crippen LogP contribution in [0.3, 0.4) is 0 Å². The average molecular weight is 1050 g/mol. The Bertz CT molecular complexity index is 1600. The molecule has 0 atom stereocenters. The summed E-state index contributed by atoms with van der Waals surface area (Å²) in [6, 6.07) is 0. The maximum Gasteiger partial charge on any atom is 0.303 e. The molecule has 20 nitrogen and oxygen atoms in total. The Balaban J connectivity index is 5.22. The maximum atomic E-state index is 13.3. The van der Waals surface area contributed by atoms with Crippen molar-refractivity contribution in [3.05, 3.63) is 0 Å². The van der Waals surface area contributed by atoms with Crippen LogP contribution in [0.5, 0.6) is 0 Å². The molecule has 0 unspecified atom stereocenters. The Labute approximate surface area is 443 Å². The third-order valence-corrected chi connectivity index (χ3v) is 11.1. The van der Waals surface area contributed by atoms with Crippen LogP contribution in [0.2, 0.25) is 0 Å². The first-order valence-electron chi connectivity index (χ1n) is 26.9. The Morgan fingerprint density at radius 1 is 0.297 bits per heavy atom. The summed E-state index contributed by atoms with van der Waals surface area (Å²) in [5.41, 5.74) is -0.634. The Morgan fingerprint density at radius 3 is 0.676 bits per heavy atom. The van der Waals surface area contributed by atoms with Crippen LogP contribution in [0, 0.1) is 21.7 Å². The second-order valence-electron chi connectivity index (χ2n) is 24.2. The number of rotatable bonds is 37. The van der Waals surface area contributed by atoms with Crippen LogP contribution in [0.15, 0.2) is 0 Å². The van der Waals surface area contributed by atoms with Crippen LogP contribution in [0.25, 0.3) is 0 Å². The highest BCUT2D eigenvalue weighted by Gasteiger charge is 2.22. The summed E-state index contributed by atoms with van der Waals surface area (Å²) in [4.78, 5) is 131. The van der Waals surface area contributed by atoms with Gasteiger partial charge in [-0.15, -0.1) is 0 Å². The van der Waals surface area contributed by atoms with Crippen molar-refractivity contribution in [1.29, 1.82) is 0 Å². The molecule has 0 radical (unpaired) electrons. The van der Waals surface area contributed by atoms with E-state index in [0.717, 1.165) is 0 Å². The standard InChI is InChI=1S/C54H99N9O11/c1-51(2,3)37-43(66)57-27-15-33-61(34-16-28-58-44(67)38-52(4,5)6)47(70)21-19-41(64)55-25-13-31-63(49(72)23-24-50(73)74)32-14-26-56-42(65)20-22-48(71)62(35-17-29-59-45(68)39-53(7,8)9)36-18-30-60-46(69)40-54(10,11)12/h13-40H2,1-12H3,(H,55,64)(H,56,65)(H,57,66)(H,58,67)(H,59,68)(H,60,69)(H,73,74). The fraction of sp³-hybridized carbons (Fsp3) is 0.815. The minimum Gasteiger partial charge on any atom is -0.481 e. The van der Waals surface area contributed by atoms with Crippen molar-refractivity contribution >= 4 is 59.1 Å². The van der Waals surface area contributed by atoms with Gasteiger partial charge in [-0.2, -0.15) is 0 Å². The van der Waals surface area contributed by atoms with Gasteiger partial charge in [0.25, 0.3) is 0 Å². The van der Waals surface area contributed by atoms with Crippen LogP contribution in [0.4, 0.5) is 0 Å². The summed E-state index contributed by atoms with van der Waals surface area (Å²) in [5.74, 6) is -2.92. The molecule has 0 bridgehead atoms. The molecular weight excluding hydrogens is 951 g/mol. The zero-order valence-corrected chi connectivity index (χ0v) is 47.7. The fourth-order valence-corrected chi connectivity index (χ4v) is 7.55. The zero-order chi connectivity index (χ0) is 56.5. The monoisotopic (exact) mass is 1050 g/mol. The number of carbonyl (C=O) groups excluding carboxylic acids is 9. The Hall–Kier alpha value is -5.30. The molecule has 0 aromatic carbocycles. The summed E-state index contributed by atoms with van der Waals surface area (Å²) >= 11 is 0. The number of hydrogen-bond acceptors (Lipinski definition) is 10. The van der Waals surface area contributed by atoms with Gasteiger partial charge < -0.3 is 51.7 Å². The molecule has 0 rings (SSSR count). The maximum absolute atomic E-state index is 13.3. The smallest absolute Gasteiger partial charge is 0.303 e. The predicted molar refractivity (Wildman–Crippen MR) is 287 cm³/mol. The molecule has 0 aliphatic heterocycles. The van der Waals surface area contributed by atoms with Gasteiger partial charge in [0.15, 0.2) is 0 Å². The van der Waals surface area contributed by atoms with Crippen molar-refractivity contribution in [2.75, 3.05) is 78.5 Å². The lowest BCUT2D eigenvalue weighted by atomic mass is 9.92. The topological polar surface area (TPSA) is 273 Å². The van der Waals surface area contributed by atoms with Gasteiger partial charge in [0.2, 0.25) is 53.2 Å². The van der Waals surface area contributed by atoms with E-state index in [1.165, 1.54) is 4.90 Å². The average Bonchev–Trinajstić information content (AvgIpc) is 3.24. The van der Waals surface area contributed by atoms with Gasteiger partial charge in [0, 0.05) is 136 Å². The van der Waals surface area contributed by atoms with Crippen LogP contribution in [-0.2, 0) is 47.9 Å². The molecule has 426 valence electrons. The van der Waals surface area contributed by atoms with Crippen molar-refractivity contribution in [3.63, 3.8) is 0 Å². The molecule has 0 saturated heterocycles. The number of carboxylic acid groups (broad SMARTS) is 1. The molecule has 0 spiro atoms. The normalized spacial score (nSPS) is 11.7. The first-order chi connectivity index (χ1) is 34.2. The molecule has 9 amide bonds. The summed E-state index contributed by atoms with van der Waals surface area (Å²) < 4.78 is 0. The molecule has 20 heteroatoms. The number of amides is 9. The van der Waals surface area contributed by atoms with Gasteiger partial charge >= 0.3 is 5.97 Å². The largest absolute Gasteiger partial charge is 0.481 e. The molecule has 0 aromatic heterocycles. The quantitative estimate of drug-likeness (QED) is 0.0420. The fourth-order valence-electron chi connectivity index (χ4n) is 7.55. The molecule has 0 aliphatic rings. The van der Waals surface area contributed by atoms with Crippen LogP contribution < -0.4 is 31.9 Å². The summed E-state index contributed by atoms with van der Waals surface area (Å²) in [6.45, 7) is 27.6. The minimum atomic E-state index is -1.12. The number of hydrogen-bond donors (Lipinski definition) is 7. The number of carbonyl (C=O) groups is 10. The number of carboxylic acids is 1. The Morgan fingerprint density at radius 2 is 0.486 bits per heavy atom. The molecule has 0 saturated carbocycles. The van der Waals surface area contributed by atoms with Gasteiger partial charge in [0.1, 0.15) is 0 Å². The lowest BCUT2D eigenvalue weighted by molar-refractivity contribution is -0.141. The van der Waals surface area contributed by atoms with E-state index < -0.39 is 5.97 Å². The van der Waals surface area contributed by atoms with Crippen molar-refractivity contribution in [1.82, 2.24) is 46.6 Å². The van der Waals surface area contributed by atoms with E-state index in [-0.39, 0.29) is 140 Å². The van der Waals surface area contributed by atoms with Crippen molar-refractivity contribution < 1.29 is 53.1 Å². The number of nitrogens with zero attached hydrogens (tertiary/aromatic N) is 3. The number of aliphatic carboxylic acids is 1. The Kier molecular flexibility index (Phi) is 33.3. The molecular formula is C54H99N9O11. The predicted octanol–water partition coefficient (Wildman–Crippen LogP) is 4.68. The third kappa shape index (κ3) is 41.1. The molecule has 0 heterocycles. The molecule has 74 heavy (non-hydrogen) atoms. The SMILES string of the molecule is CC(C)(C)CC(=O)NCCCN(CCCNC(=O)CC(C)(C)C)C(=O)CCC(=O)NCCCN(CCCNC(=O)CCC(=O)N(CCCNC(=O)CC(C)(C)C)CCCNC(=O)CC(C)(C)C)C(=O)CCC(=O)O. The van der Waals surface area contributed by atoms with Gasteiger partial charge in [-0.1, -0.05) is 83.1 Å². The summed E-state index contributed by atoms with van der Waals surface area (Å²) in [5, 5.41) is 26.4. The van der Waals surface area contributed by atoms with E-state index in [0.29, 0.717) is 117 Å². The van der Waals surface area contributed by atoms with Crippen molar-refractivity contribution in [3.8, 4) is 0 Å². The van der Waals surface area contributed by atoms with E-state index in [1.807, 2.05) is 83.1 Å². The van der Waals surface area contributed by atoms with Gasteiger partial charge in [-0.3, -0.25) is 47.9 Å². The van der Waals surface area contributed by atoms with Crippen molar-refractivity contribution in [2.45, 2.75) is 186 Å². The highest BCUT2D eigenvalue weighted by molar-refractivity contribution is 5.85. The number of nitrogens with one attached hydrogen (secondary N) is 6.